The first-order valence-electron chi connectivity index (χ1n) is 10.6. The molecule has 0 atom stereocenters. The van der Waals surface area contributed by atoms with Crippen LogP contribution in [0, 0.1) is 0 Å². The van der Waals surface area contributed by atoms with Crippen LogP contribution in [0.2, 0.25) is 0 Å². The van der Waals surface area contributed by atoms with Crippen LogP contribution in [-0.2, 0) is 9.47 Å². The van der Waals surface area contributed by atoms with Crippen molar-refractivity contribution in [1.82, 2.24) is 0 Å². The Balaban J connectivity index is 1.92. The summed E-state index contributed by atoms with van der Waals surface area (Å²) in [4.78, 5) is 0. The smallest absolute Gasteiger partial charge is 0.170 e. The van der Waals surface area contributed by atoms with Crippen molar-refractivity contribution in [2.75, 3.05) is 27.4 Å². The zero-order valence-corrected chi connectivity index (χ0v) is 19.8. The third-order valence-corrected chi connectivity index (χ3v) is 9.89. The van der Waals surface area contributed by atoms with Gasteiger partial charge in [-0.05, 0) is 27.5 Å². The first-order chi connectivity index (χ1) is 14.2. The van der Waals surface area contributed by atoms with Crippen LogP contribution in [0.4, 0.5) is 0 Å². The molecule has 2 aromatic carbocycles. The number of methoxy groups -OCH3 is 2. The van der Waals surface area contributed by atoms with Crippen LogP contribution in [-0.4, -0.2) is 43.5 Å². The van der Waals surface area contributed by atoms with Crippen molar-refractivity contribution in [1.29, 1.82) is 0 Å². The molecule has 2 heterocycles. The minimum atomic E-state index is -0.624. The van der Waals surface area contributed by atoms with Crippen LogP contribution < -0.4 is 14.8 Å². The van der Waals surface area contributed by atoms with E-state index in [0.717, 1.165) is 24.3 Å². The molecule has 0 bridgehead atoms. The molecule has 5 heteroatoms. The molecule has 162 valence electrons. The second-order valence-electron chi connectivity index (χ2n) is 9.51. The van der Waals surface area contributed by atoms with Crippen molar-refractivity contribution < 1.29 is 18.9 Å². The van der Waals surface area contributed by atoms with Crippen LogP contribution in [0.1, 0.15) is 40.5 Å². The van der Waals surface area contributed by atoms with Crippen molar-refractivity contribution in [3.63, 3.8) is 0 Å². The van der Waals surface area contributed by atoms with Crippen molar-refractivity contribution >= 4 is 13.2 Å². The molecule has 30 heavy (non-hydrogen) atoms. The van der Waals surface area contributed by atoms with Gasteiger partial charge in [0.15, 0.2) is 5.79 Å². The van der Waals surface area contributed by atoms with Gasteiger partial charge in [-0.3, -0.25) is 0 Å². The topological polar surface area (TPSA) is 36.9 Å². The number of hydrogen-bond acceptors (Lipinski definition) is 4. The third kappa shape index (κ3) is 3.75. The van der Waals surface area contributed by atoms with E-state index in [-0.39, 0.29) is 10.3 Å². The van der Waals surface area contributed by atoms with Gasteiger partial charge >= 0.3 is 0 Å². The van der Waals surface area contributed by atoms with E-state index in [0.29, 0.717) is 13.2 Å². The van der Waals surface area contributed by atoms with E-state index in [2.05, 4.69) is 64.1 Å². The molecule has 0 N–H and O–H groups in total. The number of rotatable bonds is 4. The fraction of sp³-hybridized carbons (Fsp3) is 0.520. The molecule has 0 aliphatic carbocycles. The summed E-state index contributed by atoms with van der Waals surface area (Å²) < 4.78 is 24.0. The molecule has 2 saturated heterocycles. The summed E-state index contributed by atoms with van der Waals surface area (Å²) in [6.07, 6.45) is 1.77. The van der Waals surface area contributed by atoms with Crippen LogP contribution in [0.25, 0.3) is 11.1 Å². The van der Waals surface area contributed by atoms with Crippen LogP contribution in [0.15, 0.2) is 42.5 Å². The lowest BCUT2D eigenvalue weighted by Gasteiger charge is -2.55. The lowest BCUT2D eigenvalue weighted by molar-refractivity contribution is -0.178. The molecule has 4 rings (SSSR count). The van der Waals surface area contributed by atoms with Crippen molar-refractivity contribution in [3.8, 4) is 22.6 Å². The highest BCUT2D eigenvalue weighted by Gasteiger charge is 2.57. The van der Waals surface area contributed by atoms with E-state index in [9.17, 15) is 0 Å². The average molecular weight is 429 g/mol. The van der Waals surface area contributed by atoms with Gasteiger partial charge in [0.2, 0.25) is 0 Å². The van der Waals surface area contributed by atoms with E-state index >= 15 is 0 Å². The van der Waals surface area contributed by atoms with Gasteiger partial charge in [-0.2, -0.15) is 0 Å². The van der Waals surface area contributed by atoms with E-state index < -0.39 is 13.7 Å². The SMILES string of the molecule is COc1cc(OC)c(P2C(C)(C)CC3(CC2(C)C)OCCO3)c(-c2ccccc2)c1. The first kappa shape index (κ1) is 21.6. The molecule has 4 nitrogen and oxygen atoms in total. The second kappa shape index (κ2) is 7.82. The predicted octanol–water partition coefficient (Wildman–Crippen LogP) is 5.57. The maximum atomic E-state index is 6.18. The molecular formula is C25H33O4P. The maximum Gasteiger partial charge on any atom is 0.170 e. The van der Waals surface area contributed by atoms with Crippen LogP contribution in [0.5, 0.6) is 11.5 Å². The second-order valence-corrected chi connectivity index (χ2v) is 13.1. The molecule has 0 unspecified atom stereocenters. The first-order valence-corrected chi connectivity index (χ1v) is 12.0. The molecule has 2 aliphatic rings. The van der Waals surface area contributed by atoms with Gasteiger partial charge in [0.05, 0.1) is 27.4 Å². The minimum absolute atomic E-state index is 0.00677. The summed E-state index contributed by atoms with van der Waals surface area (Å²) in [5.41, 5.74) is 2.38. The highest BCUT2D eigenvalue weighted by atomic mass is 31.1. The van der Waals surface area contributed by atoms with Gasteiger partial charge in [0.25, 0.3) is 0 Å². The Morgan fingerprint density at radius 3 is 1.97 bits per heavy atom. The molecule has 0 radical (unpaired) electrons. The quantitative estimate of drug-likeness (QED) is 0.597. The number of ether oxygens (including phenoxy) is 4. The van der Waals surface area contributed by atoms with Gasteiger partial charge in [-0.15, -0.1) is 0 Å². The van der Waals surface area contributed by atoms with Gasteiger partial charge in [-0.1, -0.05) is 65.9 Å². The highest BCUT2D eigenvalue weighted by molar-refractivity contribution is 7.69. The Hall–Kier alpha value is -1.61. The van der Waals surface area contributed by atoms with E-state index in [1.54, 1.807) is 14.2 Å². The fourth-order valence-corrected chi connectivity index (χ4v) is 10.0. The molecule has 0 aromatic heterocycles. The van der Waals surface area contributed by atoms with Crippen molar-refractivity contribution in [3.05, 3.63) is 42.5 Å². The molecule has 1 spiro atoms. The van der Waals surface area contributed by atoms with E-state index in [4.69, 9.17) is 18.9 Å². The summed E-state index contributed by atoms with van der Waals surface area (Å²) in [5, 5.41) is 1.32. The van der Waals surface area contributed by atoms with Gasteiger partial charge in [0, 0.05) is 24.2 Å². The van der Waals surface area contributed by atoms with E-state index in [1.165, 1.54) is 16.4 Å². The standard InChI is InChI=1S/C25H33O4P/c1-23(2)16-25(28-12-13-29-25)17-24(3,4)30(23)22-20(18-10-8-7-9-11-18)14-19(26-5)15-21(22)27-6/h7-11,14-15H,12-13,16-17H2,1-6H3. The molecule has 0 amide bonds. The fourth-order valence-electron chi connectivity index (χ4n) is 5.59. The number of benzene rings is 2. The summed E-state index contributed by atoms with van der Waals surface area (Å²) in [6.45, 7) is 10.8. The van der Waals surface area contributed by atoms with Gasteiger partial charge in [-0.25, -0.2) is 0 Å². The molecule has 2 aliphatic heterocycles. The lowest BCUT2D eigenvalue weighted by Crippen LogP contribution is -2.52. The summed E-state index contributed by atoms with van der Waals surface area (Å²) in [6, 6.07) is 14.8. The van der Waals surface area contributed by atoms with Crippen LogP contribution in [0.3, 0.4) is 0 Å². The molecule has 0 saturated carbocycles. The Morgan fingerprint density at radius 2 is 1.43 bits per heavy atom. The molecule has 2 fully saturated rings. The molecule has 2 aromatic rings. The van der Waals surface area contributed by atoms with E-state index in [1.807, 2.05) is 6.07 Å². The van der Waals surface area contributed by atoms with Crippen molar-refractivity contribution in [2.24, 2.45) is 0 Å². The lowest BCUT2D eigenvalue weighted by atomic mass is 9.91. The predicted molar refractivity (Wildman–Crippen MR) is 124 cm³/mol. The third-order valence-electron chi connectivity index (χ3n) is 6.24. The zero-order valence-electron chi connectivity index (χ0n) is 19.0. The zero-order chi connectivity index (χ0) is 21.6. The average Bonchev–Trinajstić information content (AvgIpc) is 3.13. The Kier molecular flexibility index (Phi) is 5.63. The Morgan fingerprint density at radius 1 is 0.833 bits per heavy atom. The summed E-state index contributed by atoms with van der Waals surface area (Å²) in [7, 11) is 2.85. The largest absolute Gasteiger partial charge is 0.497 e. The van der Waals surface area contributed by atoms with Gasteiger partial charge in [0.1, 0.15) is 11.5 Å². The highest BCUT2D eigenvalue weighted by Crippen LogP contribution is 2.69. The Labute approximate surface area is 181 Å². The van der Waals surface area contributed by atoms with Crippen molar-refractivity contribution in [2.45, 2.75) is 56.6 Å². The summed E-state index contributed by atoms with van der Waals surface area (Å²) in [5.74, 6) is 1.26. The maximum absolute atomic E-state index is 6.18. The Bertz CT molecular complexity index is 881. The molecular weight excluding hydrogens is 395 g/mol. The van der Waals surface area contributed by atoms with Gasteiger partial charge < -0.3 is 18.9 Å². The summed E-state index contributed by atoms with van der Waals surface area (Å²) >= 11 is 0. The monoisotopic (exact) mass is 428 g/mol. The normalized spacial score (nSPS) is 22.2. The number of hydrogen-bond donors (Lipinski definition) is 0. The van der Waals surface area contributed by atoms with Crippen LogP contribution >= 0.6 is 7.92 Å². The minimum Gasteiger partial charge on any atom is -0.497 e.